The third-order valence-electron chi connectivity index (χ3n) is 2.76. The van der Waals surface area contributed by atoms with Gasteiger partial charge in [0.05, 0.1) is 6.10 Å². The quantitative estimate of drug-likeness (QED) is 0.775. The number of benzene rings is 1. The molecule has 2 atom stereocenters. The van der Waals surface area contributed by atoms with Crippen molar-refractivity contribution in [3.05, 3.63) is 29.3 Å². The third-order valence-corrected chi connectivity index (χ3v) is 2.76. The van der Waals surface area contributed by atoms with Crippen LogP contribution >= 0.6 is 0 Å². The van der Waals surface area contributed by atoms with Crippen LogP contribution in [-0.4, -0.2) is 30.2 Å². The lowest BCUT2D eigenvalue weighted by molar-refractivity contribution is -0.126. The lowest BCUT2D eigenvalue weighted by Crippen LogP contribution is -2.44. The summed E-state index contributed by atoms with van der Waals surface area (Å²) in [6.07, 6.45) is -1.56. The van der Waals surface area contributed by atoms with Gasteiger partial charge in [0.1, 0.15) is 5.75 Å². The average Bonchev–Trinajstić information content (AvgIpc) is 2.38. The Morgan fingerprint density at radius 2 is 1.95 bits per heavy atom. The molecule has 1 aromatic carbocycles. The van der Waals surface area contributed by atoms with Crippen molar-refractivity contribution in [3.63, 3.8) is 0 Å². The van der Waals surface area contributed by atoms with Crippen LogP contribution in [0.2, 0.25) is 0 Å². The van der Waals surface area contributed by atoms with Crippen LogP contribution in [0.25, 0.3) is 0 Å². The number of imide groups is 1. The molecule has 0 heterocycles. The highest BCUT2D eigenvalue weighted by molar-refractivity contribution is 5.96. The van der Waals surface area contributed by atoms with Crippen LogP contribution in [0.3, 0.4) is 0 Å². The molecule has 0 aliphatic rings. The van der Waals surface area contributed by atoms with E-state index in [0.29, 0.717) is 11.3 Å². The molecule has 0 aromatic heterocycles. The lowest BCUT2D eigenvalue weighted by Gasteiger charge is -2.18. The monoisotopic (exact) mass is 280 g/mol. The third kappa shape index (κ3) is 4.24. The summed E-state index contributed by atoms with van der Waals surface area (Å²) in [7, 11) is 1.42. The van der Waals surface area contributed by atoms with Crippen molar-refractivity contribution in [1.82, 2.24) is 10.6 Å². The van der Waals surface area contributed by atoms with Gasteiger partial charge in [-0.25, -0.2) is 4.79 Å². The van der Waals surface area contributed by atoms with Crippen LogP contribution in [0.1, 0.15) is 31.1 Å². The second kappa shape index (κ2) is 6.91. The first-order chi connectivity index (χ1) is 9.35. The fourth-order valence-electron chi connectivity index (χ4n) is 1.61. The molecule has 0 fully saturated rings. The van der Waals surface area contributed by atoms with Gasteiger partial charge in [0, 0.05) is 12.6 Å². The van der Waals surface area contributed by atoms with Gasteiger partial charge in [0.15, 0.2) is 6.10 Å². The smallest absolute Gasteiger partial charge is 0.321 e. The van der Waals surface area contributed by atoms with Crippen LogP contribution < -0.4 is 15.4 Å². The molecule has 0 spiro atoms. The molecule has 3 amide bonds. The zero-order valence-corrected chi connectivity index (χ0v) is 12.1. The van der Waals surface area contributed by atoms with E-state index in [1.807, 2.05) is 13.0 Å². The fourth-order valence-corrected chi connectivity index (χ4v) is 1.61. The summed E-state index contributed by atoms with van der Waals surface area (Å²) < 4.78 is 5.54. The molecule has 6 nitrogen and oxygen atoms in total. The highest BCUT2D eigenvalue weighted by Gasteiger charge is 2.19. The molecule has 0 saturated carbocycles. The minimum atomic E-state index is -0.855. The molecule has 1 unspecified atom stereocenters. The van der Waals surface area contributed by atoms with E-state index in [1.54, 1.807) is 19.1 Å². The van der Waals surface area contributed by atoms with Gasteiger partial charge in [-0.15, -0.1) is 0 Å². The summed E-state index contributed by atoms with van der Waals surface area (Å²) in [6.45, 7) is 5.03. The van der Waals surface area contributed by atoms with Gasteiger partial charge in [0.2, 0.25) is 0 Å². The summed E-state index contributed by atoms with van der Waals surface area (Å²) in [5.74, 6) is -0.123. The van der Waals surface area contributed by atoms with Gasteiger partial charge in [-0.2, -0.15) is 0 Å². The number of carbonyl (C=O) groups excluding carboxylic acids is 2. The van der Waals surface area contributed by atoms with Crippen molar-refractivity contribution in [3.8, 4) is 5.75 Å². The predicted molar refractivity (Wildman–Crippen MR) is 74.5 cm³/mol. The van der Waals surface area contributed by atoms with Gasteiger partial charge in [-0.05, 0) is 32.4 Å². The molecule has 0 aliphatic carbocycles. The summed E-state index contributed by atoms with van der Waals surface area (Å²) in [4.78, 5) is 22.8. The van der Waals surface area contributed by atoms with Crippen molar-refractivity contribution in [2.75, 3.05) is 7.05 Å². The Morgan fingerprint density at radius 1 is 1.30 bits per heavy atom. The van der Waals surface area contributed by atoms with E-state index in [2.05, 4.69) is 10.6 Å². The number of amides is 3. The maximum absolute atomic E-state index is 11.7. The maximum Gasteiger partial charge on any atom is 0.321 e. The highest BCUT2D eigenvalue weighted by atomic mass is 16.5. The van der Waals surface area contributed by atoms with Gasteiger partial charge in [-0.3, -0.25) is 10.1 Å². The van der Waals surface area contributed by atoms with Crippen LogP contribution in [-0.2, 0) is 4.79 Å². The zero-order valence-electron chi connectivity index (χ0n) is 12.1. The summed E-state index contributed by atoms with van der Waals surface area (Å²) in [5, 5.41) is 14.1. The average molecular weight is 280 g/mol. The molecule has 3 N–H and O–H groups in total. The number of carbonyl (C=O) groups is 2. The first kappa shape index (κ1) is 16.0. The van der Waals surface area contributed by atoms with Crippen LogP contribution in [0.4, 0.5) is 4.79 Å². The van der Waals surface area contributed by atoms with E-state index in [-0.39, 0.29) is 0 Å². The Bertz CT molecular complexity index is 500. The van der Waals surface area contributed by atoms with E-state index < -0.39 is 24.1 Å². The van der Waals surface area contributed by atoms with Gasteiger partial charge in [0.25, 0.3) is 5.91 Å². The largest absolute Gasteiger partial charge is 0.480 e. The molecule has 20 heavy (non-hydrogen) atoms. The molecule has 1 aromatic rings. The fraction of sp³-hybridized carbons (Fsp3) is 0.429. The molecular weight excluding hydrogens is 260 g/mol. The van der Waals surface area contributed by atoms with Crippen molar-refractivity contribution in [2.45, 2.75) is 33.0 Å². The van der Waals surface area contributed by atoms with Gasteiger partial charge >= 0.3 is 6.03 Å². The zero-order chi connectivity index (χ0) is 15.3. The van der Waals surface area contributed by atoms with E-state index in [0.717, 1.165) is 5.56 Å². The molecule has 0 bridgehead atoms. The molecule has 6 heteroatoms. The second-order valence-electron chi connectivity index (χ2n) is 4.55. The second-order valence-corrected chi connectivity index (χ2v) is 4.55. The Kier molecular flexibility index (Phi) is 5.52. The van der Waals surface area contributed by atoms with Crippen molar-refractivity contribution < 1.29 is 19.4 Å². The van der Waals surface area contributed by atoms with E-state index in [9.17, 15) is 14.7 Å². The van der Waals surface area contributed by atoms with Crippen LogP contribution in [0.5, 0.6) is 5.75 Å². The van der Waals surface area contributed by atoms with Gasteiger partial charge in [-0.1, -0.05) is 12.1 Å². The maximum atomic E-state index is 11.7. The van der Waals surface area contributed by atoms with Crippen LogP contribution in [0.15, 0.2) is 18.2 Å². The number of aliphatic hydroxyl groups excluding tert-OH is 1. The number of ether oxygens (including phenoxy) is 1. The number of hydrogen-bond donors (Lipinski definition) is 3. The van der Waals surface area contributed by atoms with E-state index >= 15 is 0 Å². The predicted octanol–water partition coefficient (Wildman–Crippen LogP) is 1.27. The Hall–Kier alpha value is -2.08. The highest BCUT2D eigenvalue weighted by Crippen LogP contribution is 2.27. The SMILES string of the molecule is CNC(=O)NC(=O)C(C)Oc1cc(C)ccc1[C@@H](C)O. The number of aliphatic hydroxyl groups is 1. The van der Waals surface area contributed by atoms with E-state index in [1.165, 1.54) is 14.0 Å². The Balaban J connectivity index is 2.84. The van der Waals surface area contributed by atoms with Crippen molar-refractivity contribution in [1.29, 1.82) is 0 Å². The number of urea groups is 1. The first-order valence-electron chi connectivity index (χ1n) is 6.33. The molecule has 110 valence electrons. The van der Waals surface area contributed by atoms with Crippen LogP contribution in [0, 0.1) is 6.92 Å². The lowest BCUT2D eigenvalue weighted by atomic mass is 10.1. The molecule has 0 aliphatic heterocycles. The van der Waals surface area contributed by atoms with E-state index in [4.69, 9.17) is 4.74 Å². The Morgan fingerprint density at radius 3 is 2.50 bits per heavy atom. The number of aryl methyl sites for hydroxylation is 1. The Labute approximate surface area is 118 Å². The topological polar surface area (TPSA) is 87.7 Å². The summed E-state index contributed by atoms with van der Waals surface area (Å²) in [6, 6.07) is 4.75. The standard InChI is InChI=1S/C14H20N2O4/c1-8-5-6-11(9(2)17)12(7-8)20-10(3)13(18)16-14(19)15-4/h5-7,9-10,17H,1-4H3,(H2,15,16,18,19)/t9-,10?/m1/s1. The summed E-state index contributed by atoms with van der Waals surface area (Å²) >= 11 is 0. The number of hydrogen-bond acceptors (Lipinski definition) is 4. The van der Waals surface area contributed by atoms with Crippen molar-refractivity contribution >= 4 is 11.9 Å². The molecule has 0 radical (unpaired) electrons. The minimum absolute atomic E-state index is 0.430. The number of nitrogens with one attached hydrogen (secondary N) is 2. The summed E-state index contributed by atoms with van der Waals surface area (Å²) in [5.41, 5.74) is 1.54. The normalized spacial score (nSPS) is 13.2. The first-order valence-corrected chi connectivity index (χ1v) is 6.33. The molecule has 0 saturated heterocycles. The van der Waals surface area contributed by atoms with Gasteiger partial charge < -0.3 is 15.2 Å². The number of rotatable bonds is 4. The molecule has 1 rings (SSSR count). The van der Waals surface area contributed by atoms with Crippen molar-refractivity contribution in [2.24, 2.45) is 0 Å². The minimum Gasteiger partial charge on any atom is -0.480 e. The molecular formula is C14H20N2O4.